The maximum atomic E-state index is 6.09. The first-order chi connectivity index (χ1) is 7.59. The molecule has 1 aromatic heterocycles. The zero-order valence-corrected chi connectivity index (χ0v) is 10.8. The smallest absolute Gasteiger partial charge is 0.173 e. The third kappa shape index (κ3) is 2.09. The molecular formula is C9H9BrClN5. The van der Waals surface area contributed by atoms with Gasteiger partial charge in [0.1, 0.15) is 0 Å². The highest BCUT2D eigenvalue weighted by molar-refractivity contribution is 9.10. The Hall–Kier alpha value is -0.980. The fourth-order valence-corrected chi connectivity index (χ4v) is 1.84. The molecular weight excluding hydrogens is 293 g/mol. The average Bonchev–Trinajstić information content (AvgIpc) is 2.70. The van der Waals surface area contributed by atoms with Crippen molar-refractivity contribution in [1.29, 1.82) is 0 Å². The SMILES string of the molecule is CC(N)c1nnnn1-c1cc(Br)ccc1Cl. The minimum atomic E-state index is -0.259. The van der Waals surface area contributed by atoms with Gasteiger partial charge in [-0.3, -0.25) is 0 Å². The normalized spacial score (nSPS) is 12.8. The first kappa shape index (κ1) is 11.5. The summed E-state index contributed by atoms with van der Waals surface area (Å²) in [5.74, 6) is 0.569. The van der Waals surface area contributed by atoms with Crippen LogP contribution in [0.1, 0.15) is 18.8 Å². The monoisotopic (exact) mass is 301 g/mol. The van der Waals surface area contributed by atoms with Crippen molar-refractivity contribution >= 4 is 27.5 Å². The predicted molar refractivity (Wildman–Crippen MR) is 64.5 cm³/mol. The van der Waals surface area contributed by atoms with Crippen LogP contribution >= 0.6 is 27.5 Å². The Kier molecular flexibility index (Phi) is 3.22. The van der Waals surface area contributed by atoms with Gasteiger partial charge in [0, 0.05) is 4.47 Å². The van der Waals surface area contributed by atoms with Gasteiger partial charge in [-0.05, 0) is 35.5 Å². The van der Waals surface area contributed by atoms with E-state index in [1.807, 2.05) is 19.1 Å². The summed E-state index contributed by atoms with van der Waals surface area (Å²) >= 11 is 9.46. The molecule has 0 aliphatic heterocycles. The Morgan fingerprint density at radius 1 is 1.50 bits per heavy atom. The van der Waals surface area contributed by atoms with E-state index in [0.717, 1.165) is 4.47 Å². The number of nitrogens with two attached hydrogens (primary N) is 1. The Morgan fingerprint density at radius 2 is 2.25 bits per heavy atom. The standard InChI is InChI=1S/C9H9BrClN5/c1-5(12)9-13-14-15-16(9)8-4-6(10)2-3-7(8)11/h2-5H,12H2,1H3. The third-order valence-corrected chi connectivity index (χ3v) is 2.85. The second-order valence-corrected chi connectivity index (χ2v) is 4.66. The van der Waals surface area contributed by atoms with Gasteiger partial charge in [-0.15, -0.1) is 5.10 Å². The fourth-order valence-electron chi connectivity index (χ4n) is 1.30. The summed E-state index contributed by atoms with van der Waals surface area (Å²) < 4.78 is 2.44. The van der Waals surface area contributed by atoms with Gasteiger partial charge in [0.2, 0.25) is 0 Å². The summed E-state index contributed by atoms with van der Waals surface area (Å²) in [6.45, 7) is 1.81. The maximum absolute atomic E-state index is 6.09. The summed E-state index contributed by atoms with van der Waals surface area (Å²) in [5.41, 5.74) is 6.47. The Balaban J connectivity index is 2.58. The Morgan fingerprint density at radius 3 is 2.94 bits per heavy atom. The molecule has 2 N–H and O–H groups in total. The molecule has 2 rings (SSSR count). The number of nitrogens with zero attached hydrogens (tertiary/aromatic N) is 4. The predicted octanol–water partition coefficient (Wildman–Crippen LogP) is 2.10. The molecule has 0 amide bonds. The molecule has 0 fully saturated rings. The number of tetrazole rings is 1. The largest absolute Gasteiger partial charge is 0.321 e. The number of hydrogen-bond donors (Lipinski definition) is 1. The van der Waals surface area contributed by atoms with Crippen molar-refractivity contribution in [3.05, 3.63) is 33.5 Å². The van der Waals surface area contributed by atoms with Gasteiger partial charge < -0.3 is 5.73 Å². The number of rotatable bonds is 2. The quantitative estimate of drug-likeness (QED) is 0.922. The summed E-state index contributed by atoms with van der Waals surface area (Å²) in [4.78, 5) is 0. The van der Waals surface area contributed by atoms with Gasteiger partial charge in [0.15, 0.2) is 5.82 Å². The highest BCUT2D eigenvalue weighted by atomic mass is 79.9. The van der Waals surface area contributed by atoms with Crippen LogP contribution in [0.15, 0.2) is 22.7 Å². The molecule has 5 nitrogen and oxygen atoms in total. The lowest BCUT2D eigenvalue weighted by Gasteiger charge is -2.08. The van der Waals surface area contributed by atoms with E-state index in [1.165, 1.54) is 4.68 Å². The van der Waals surface area contributed by atoms with Gasteiger partial charge in [-0.25, -0.2) is 0 Å². The average molecular weight is 303 g/mol. The zero-order chi connectivity index (χ0) is 11.7. The van der Waals surface area contributed by atoms with Gasteiger partial charge >= 0.3 is 0 Å². The summed E-state index contributed by atoms with van der Waals surface area (Å²) in [5, 5.41) is 11.9. The van der Waals surface area contributed by atoms with Crippen LogP contribution in [-0.2, 0) is 0 Å². The van der Waals surface area contributed by atoms with E-state index in [4.69, 9.17) is 17.3 Å². The first-order valence-corrected chi connectivity index (χ1v) is 5.76. The molecule has 7 heteroatoms. The van der Waals surface area contributed by atoms with Crippen molar-refractivity contribution < 1.29 is 0 Å². The van der Waals surface area contributed by atoms with Crippen molar-refractivity contribution in [2.24, 2.45) is 5.73 Å². The molecule has 84 valence electrons. The van der Waals surface area contributed by atoms with Crippen LogP contribution < -0.4 is 5.73 Å². The van der Waals surface area contributed by atoms with E-state index in [1.54, 1.807) is 6.07 Å². The van der Waals surface area contributed by atoms with Crippen LogP contribution in [-0.4, -0.2) is 20.2 Å². The van der Waals surface area contributed by atoms with Crippen molar-refractivity contribution in [2.75, 3.05) is 0 Å². The lowest BCUT2D eigenvalue weighted by Crippen LogP contribution is -2.13. The number of halogens is 2. The molecule has 0 aliphatic carbocycles. The lowest BCUT2D eigenvalue weighted by molar-refractivity contribution is 0.688. The maximum Gasteiger partial charge on any atom is 0.173 e. The van der Waals surface area contributed by atoms with Crippen LogP contribution in [0.3, 0.4) is 0 Å². The molecule has 0 spiro atoms. The topological polar surface area (TPSA) is 69.6 Å². The zero-order valence-electron chi connectivity index (χ0n) is 8.43. The van der Waals surface area contributed by atoms with Gasteiger partial charge in [0.05, 0.1) is 16.8 Å². The fraction of sp³-hybridized carbons (Fsp3) is 0.222. The van der Waals surface area contributed by atoms with Gasteiger partial charge in [-0.1, -0.05) is 27.5 Å². The van der Waals surface area contributed by atoms with Crippen LogP contribution in [0.5, 0.6) is 0 Å². The Labute approximate surface area is 106 Å². The van der Waals surface area contributed by atoms with Crippen molar-refractivity contribution in [1.82, 2.24) is 20.2 Å². The summed E-state index contributed by atoms with van der Waals surface area (Å²) in [6.07, 6.45) is 0. The van der Waals surface area contributed by atoms with E-state index < -0.39 is 0 Å². The van der Waals surface area contributed by atoms with Gasteiger partial charge in [0.25, 0.3) is 0 Å². The van der Waals surface area contributed by atoms with E-state index in [2.05, 4.69) is 31.5 Å². The van der Waals surface area contributed by atoms with Crippen LogP contribution in [0, 0.1) is 0 Å². The second-order valence-electron chi connectivity index (χ2n) is 3.33. The molecule has 0 bridgehead atoms. The third-order valence-electron chi connectivity index (χ3n) is 2.04. The van der Waals surface area contributed by atoms with Crippen LogP contribution in [0.25, 0.3) is 5.69 Å². The van der Waals surface area contributed by atoms with Crippen molar-refractivity contribution in [3.8, 4) is 5.69 Å². The number of hydrogen-bond acceptors (Lipinski definition) is 4. The molecule has 2 aromatic rings. The van der Waals surface area contributed by atoms with E-state index in [9.17, 15) is 0 Å². The minimum Gasteiger partial charge on any atom is -0.321 e. The summed E-state index contributed by atoms with van der Waals surface area (Å²) in [6, 6.07) is 5.20. The van der Waals surface area contributed by atoms with Crippen molar-refractivity contribution in [3.63, 3.8) is 0 Å². The minimum absolute atomic E-state index is 0.259. The molecule has 0 saturated carbocycles. The molecule has 1 heterocycles. The van der Waals surface area contributed by atoms with Gasteiger partial charge in [-0.2, -0.15) is 4.68 Å². The molecule has 16 heavy (non-hydrogen) atoms. The Bertz CT molecular complexity index is 510. The van der Waals surface area contributed by atoms with E-state index in [0.29, 0.717) is 16.5 Å². The highest BCUT2D eigenvalue weighted by Gasteiger charge is 2.14. The highest BCUT2D eigenvalue weighted by Crippen LogP contribution is 2.25. The molecule has 0 radical (unpaired) electrons. The first-order valence-electron chi connectivity index (χ1n) is 4.59. The van der Waals surface area contributed by atoms with E-state index in [-0.39, 0.29) is 6.04 Å². The van der Waals surface area contributed by atoms with Crippen molar-refractivity contribution in [2.45, 2.75) is 13.0 Å². The number of aromatic nitrogens is 4. The molecule has 0 aliphatic rings. The number of benzene rings is 1. The van der Waals surface area contributed by atoms with E-state index >= 15 is 0 Å². The van der Waals surface area contributed by atoms with Crippen LogP contribution in [0.2, 0.25) is 5.02 Å². The molecule has 1 aromatic carbocycles. The molecule has 1 unspecified atom stereocenters. The van der Waals surface area contributed by atoms with Crippen LogP contribution in [0.4, 0.5) is 0 Å². The second kappa shape index (κ2) is 4.48. The molecule has 1 atom stereocenters. The lowest BCUT2D eigenvalue weighted by atomic mass is 10.3. The summed E-state index contributed by atoms with van der Waals surface area (Å²) in [7, 11) is 0. The molecule has 0 saturated heterocycles.